The predicted molar refractivity (Wildman–Crippen MR) is 65.9 cm³/mol. The molecule has 0 saturated carbocycles. The lowest BCUT2D eigenvalue weighted by atomic mass is 9.89. The second-order valence-corrected chi connectivity index (χ2v) is 4.87. The summed E-state index contributed by atoms with van der Waals surface area (Å²) in [5, 5.41) is 20.9. The van der Waals surface area contributed by atoms with Gasteiger partial charge in [0.15, 0.2) is 0 Å². The van der Waals surface area contributed by atoms with Crippen molar-refractivity contribution in [1.29, 1.82) is 0 Å². The maximum absolute atomic E-state index is 11.8. The van der Waals surface area contributed by atoms with Crippen molar-refractivity contribution in [3.63, 3.8) is 0 Å². The molecule has 0 spiro atoms. The van der Waals surface area contributed by atoms with Crippen LogP contribution in [-0.2, 0) is 0 Å². The molecular formula is C13H19NO3. The number of phenols is 1. The third-order valence-electron chi connectivity index (χ3n) is 2.62. The lowest BCUT2D eigenvalue weighted by Gasteiger charge is -2.23. The molecule has 4 nitrogen and oxygen atoms in total. The molecule has 0 radical (unpaired) electrons. The van der Waals surface area contributed by atoms with Gasteiger partial charge in [0.2, 0.25) is 0 Å². The van der Waals surface area contributed by atoms with Gasteiger partial charge < -0.3 is 15.5 Å². The highest BCUT2D eigenvalue weighted by molar-refractivity contribution is 5.94. The maximum Gasteiger partial charge on any atom is 0.251 e. The smallest absolute Gasteiger partial charge is 0.251 e. The van der Waals surface area contributed by atoms with E-state index < -0.39 is 0 Å². The fourth-order valence-electron chi connectivity index (χ4n) is 1.46. The van der Waals surface area contributed by atoms with Crippen LogP contribution in [0.5, 0.6) is 5.75 Å². The zero-order valence-electron chi connectivity index (χ0n) is 10.2. The lowest BCUT2D eigenvalue weighted by Crippen LogP contribution is -2.34. The molecule has 0 aliphatic rings. The van der Waals surface area contributed by atoms with E-state index in [1.54, 1.807) is 12.1 Å². The van der Waals surface area contributed by atoms with E-state index >= 15 is 0 Å². The standard InChI is InChI=1S/C13H19NO3/c1-13(2,6-7-15)9-14-12(17)10-4-3-5-11(16)8-10/h3-5,8,15-16H,6-7,9H2,1-2H3,(H,14,17). The summed E-state index contributed by atoms with van der Waals surface area (Å²) in [7, 11) is 0. The molecule has 0 aliphatic carbocycles. The van der Waals surface area contributed by atoms with Crippen molar-refractivity contribution in [2.75, 3.05) is 13.2 Å². The van der Waals surface area contributed by atoms with Gasteiger partial charge in [0.1, 0.15) is 5.75 Å². The molecule has 0 fully saturated rings. The fraction of sp³-hybridized carbons (Fsp3) is 0.462. The summed E-state index contributed by atoms with van der Waals surface area (Å²) in [5.74, 6) is -0.140. The molecule has 17 heavy (non-hydrogen) atoms. The Balaban J connectivity index is 2.56. The van der Waals surface area contributed by atoms with Gasteiger partial charge in [-0.1, -0.05) is 19.9 Å². The number of phenolic OH excluding ortho intramolecular Hbond substituents is 1. The Hall–Kier alpha value is -1.55. The Labute approximate surface area is 101 Å². The molecule has 1 aromatic carbocycles. The number of amides is 1. The molecule has 0 atom stereocenters. The van der Waals surface area contributed by atoms with Crippen molar-refractivity contribution in [2.45, 2.75) is 20.3 Å². The third-order valence-corrected chi connectivity index (χ3v) is 2.62. The van der Waals surface area contributed by atoms with E-state index in [9.17, 15) is 9.90 Å². The minimum absolute atomic E-state index is 0.0762. The van der Waals surface area contributed by atoms with Crippen molar-refractivity contribution in [3.05, 3.63) is 29.8 Å². The lowest BCUT2D eigenvalue weighted by molar-refractivity contribution is 0.0928. The first-order chi connectivity index (χ1) is 7.94. The number of carbonyl (C=O) groups is 1. The zero-order valence-corrected chi connectivity index (χ0v) is 10.2. The van der Waals surface area contributed by atoms with Crippen molar-refractivity contribution in [3.8, 4) is 5.75 Å². The van der Waals surface area contributed by atoms with Gasteiger partial charge in [-0.25, -0.2) is 0 Å². The summed E-state index contributed by atoms with van der Waals surface area (Å²) >= 11 is 0. The van der Waals surface area contributed by atoms with Gasteiger partial charge in [-0.3, -0.25) is 4.79 Å². The van der Waals surface area contributed by atoms with Crippen LogP contribution in [0, 0.1) is 5.41 Å². The van der Waals surface area contributed by atoms with Gasteiger partial charge in [-0.05, 0) is 30.0 Å². The molecule has 0 bridgehead atoms. The van der Waals surface area contributed by atoms with Crippen LogP contribution in [0.25, 0.3) is 0 Å². The molecule has 1 rings (SSSR count). The molecule has 3 N–H and O–H groups in total. The molecule has 0 aliphatic heterocycles. The Morgan fingerprint density at radius 2 is 2.12 bits per heavy atom. The molecule has 94 valence electrons. The van der Waals surface area contributed by atoms with E-state index in [1.165, 1.54) is 12.1 Å². The van der Waals surface area contributed by atoms with Gasteiger partial charge in [-0.15, -0.1) is 0 Å². The van der Waals surface area contributed by atoms with Gasteiger partial charge in [0.05, 0.1) is 0 Å². The Bertz CT molecular complexity index is 388. The van der Waals surface area contributed by atoms with Gasteiger partial charge in [0.25, 0.3) is 5.91 Å². The third kappa shape index (κ3) is 4.44. The van der Waals surface area contributed by atoms with E-state index in [4.69, 9.17) is 5.11 Å². The Morgan fingerprint density at radius 3 is 2.71 bits per heavy atom. The topological polar surface area (TPSA) is 69.6 Å². The van der Waals surface area contributed by atoms with E-state index in [1.807, 2.05) is 13.8 Å². The minimum atomic E-state index is -0.216. The van der Waals surface area contributed by atoms with Gasteiger partial charge in [0, 0.05) is 18.7 Å². The number of aromatic hydroxyl groups is 1. The predicted octanol–water partition coefficient (Wildman–Crippen LogP) is 1.53. The number of hydrogen-bond acceptors (Lipinski definition) is 3. The average molecular weight is 237 g/mol. The molecule has 0 aromatic heterocycles. The summed E-state index contributed by atoms with van der Waals surface area (Å²) in [6.45, 7) is 4.55. The molecule has 0 saturated heterocycles. The highest BCUT2D eigenvalue weighted by Crippen LogP contribution is 2.18. The van der Waals surface area contributed by atoms with Gasteiger partial charge in [-0.2, -0.15) is 0 Å². The minimum Gasteiger partial charge on any atom is -0.508 e. The van der Waals surface area contributed by atoms with Gasteiger partial charge >= 0.3 is 0 Å². The first kappa shape index (κ1) is 13.5. The first-order valence-corrected chi connectivity index (χ1v) is 5.63. The first-order valence-electron chi connectivity index (χ1n) is 5.63. The number of aliphatic hydroxyl groups excluding tert-OH is 1. The fourth-order valence-corrected chi connectivity index (χ4v) is 1.46. The van der Waals surface area contributed by atoms with Crippen molar-refractivity contribution in [2.24, 2.45) is 5.41 Å². The van der Waals surface area contributed by atoms with Crippen LogP contribution >= 0.6 is 0 Å². The molecule has 1 aromatic rings. The number of carbonyl (C=O) groups excluding carboxylic acids is 1. The van der Waals surface area contributed by atoms with Crippen molar-refractivity contribution < 1.29 is 15.0 Å². The van der Waals surface area contributed by atoms with Crippen LogP contribution in [0.1, 0.15) is 30.6 Å². The summed E-state index contributed by atoms with van der Waals surface area (Å²) in [6.07, 6.45) is 0.632. The Kier molecular flexibility index (Phi) is 4.52. The number of nitrogens with one attached hydrogen (secondary N) is 1. The van der Waals surface area contributed by atoms with E-state index in [-0.39, 0.29) is 23.7 Å². The van der Waals surface area contributed by atoms with Crippen molar-refractivity contribution >= 4 is 5.91 Å². The Morgan fingerprint density at radius 1 is 1.41 bits per heavy atom. The summed E-state index contributed by atoms with van der Waals surface area (Å²) in [5.41, 5.74) is 0.297. The SMILES string of the molecule is CC(C)(CCO)CNC(=O)c1cccc(O)c1. The van der Waals surface area contributed by atoms with Crippen LogP contribution in [0.2, 0.25) is 0 Å². The number of rotatable bonds is 5. The van der Waals surface area contributed by atoms with E-state index in [0.717, 1.165) is 0 Å². The molecular weight excluding hydrogens is 218 g/mol. The summed E-state index contributed by atoms with van der Waals surface area (Å²) < 4.78 is 0. The highest BCUT2D eigenvalue weighted by atomic mass is 16.3. The summed E-state index contributed by atoms with van der Waals surface area (Å²) in [6, 6.07) is 6.22. The molecule has 4 heteroatoms. The number of benzene rings is 1. The normalized spacial score (nSPS) is 11.2. The van der Waals surface area contributed by atoms with Crippen LogP contribution < -0.4 is 5.32 Å². The quantitative estimate of drug-likeness (QED) is 0.727. The largest absolute Gasteiger partial charge is 0.508 e. The van der Waals surface area contributed by atoms with Crippen LogP contribution in [0.3, 0.4) is 0 Å². The zero-order chi connectivity index (χ0) is 12.9. The maximum atomic E-state index is 11.8. The van der Waals surface area contributed by atoms with Crippen molar-refractivity contribution in [1.82, 2.24) is 5.32 Å². The van der Waals surface area contributed by atoms with Crippen LogP contribution in [0.4, 0.5) is 0 Å². The molecule has 0 heterocycles. The number of hydrogen-bond donors (Lipinski definition) is 3. The average Bonchev–Trinajstić information content (AvgIpc) is 2.26. The number of aliphatic hydroxyl groups is 1. The van der Waals surface area contributed by atoms with Crippen LogP contribution in [0.15, 0.2) is 24.3 Å². The van der Waals surface area contributed by atoms with E-state index in [0.29, 0.717) is 18.5 Å². The second kappa shape index (κ2) is 5.68. The molecule has 0 unspecified atom stereocenters. The second-order valence-electron chi connectivity index (χ2n) is 4.87. The highest BCUT2D eigenvalue weighted by Gasteiger charge is 2.18. The molecule has 1 amide bonds. The van der Waals surface area contributed by atoms with E-state index in [2.05, 4.69) is 5.32 Å². The monoisotopic (exact) mass is 237 g/mol. The van der Waals surface area contributed by atoms with Crippen LogP contribution in [-0.4, -0.2) is 29.3 Å². The summed E-state index contributed by atoms with van der Waals surface area (Å²) in [4.78, 5) is 11.8.